The van der Waals surface area contributed by atoms with Crippen LogP contribution in [0.15, 0.2) is 0 Å². The van der Waals surface area contributed by atoms with Gasteiger partial charge in [-0.15, -0.1) is 0 Å². The van der Waals surface area contributed by atoms with E-state index >= 15 is 0 Å². The molecule has 2 rings (SSSR count). The summed E-state index contributed by atoms with van der Waals surface area (Å²) in [6.45, 7) is 4.08. The topological polar surface area (TPSA) is 57.6 Å². The number of hydrogen-bond acceptors (Lipinski definition) is 3. The average molecular weight is 239 g/mol. The normalized spacial score (nSPS) is 38.9. The molecule has 4 heteroatoms. The highest BCUT2D eigenvalue weighted by molar-refractivity contribution is 6.03. The van der Waals surface area contributed by atoms with Crippen molar-refractivity contribution in [2.75, 3.05) is 6.54 Å². The Labute approximate surface area is 102 Å². The fraction of sp³-hybridized carbons (Fsp3) is 0.846. The molecule has 2 amide bonds. The number of β-amino-alcohol motifs (C(OH)–C–C–N with tert-alkyl or cyclic N) is 1. The Kier molecular flexibility index (Phi) is 3.25. The van der Waals surface area contributed by atoms with E-state index in [0.717, 1.165) is 12.8 Å². The maximum atomic E-state index is 11.8. The standard InChI is InChI=1S/C13H21NO3/c1-9-4-3-5-13(17,7-9)8-14-11(15)6-10(2)12(14)16/h9-10,17H,3-8H2,1-2H3. The zero-order valence-corrected chi connectivity index (χ0v) is 10.6. The molecule has 0 spiro atoms. The molecule has 0 bridgehead atoms. The van der Waals surface area contributed by atoms with Gasteiger partial charge in [-0.3, -0.25) is 14.5 Å². The summed E-state index contributed by atoms with van der Waals surface area (Å²) >= 11 is 0. The smallest absolute Gasteiger partial charge is 0.232 e. The van der Waals surface area contributed by atoms with Crippen molar-refractivity contribution in [1.29, 1.82) is 0 Å². The summed E-state index contributed by atoms with van der Waals surface area (Å²) in [5, 5.41) is 10.5. The molecule has 1 N–H and O–H groups in total. The van der Waals surface area contributed by atoms with Gasteiger partial charge >= 0.3 is 0 Å². The molecule has 96 valence electrons. The Bertz CT molecular complexity index is 342. The minimum absolute atomic E-state index is 0.123. The molecule has 1 aliphatic heterocycles. The number of imide groups is 1. The highest BCUT2D eigenvalue weighted by atomic mass is 16.3. The summed E-state index contributed by atoms with van der Waals surface area (Å²) in [6.07, 6.45) is 3.79. The van der Waals surface area contributed by atoms with Crippen LogP contribution < -0.4 is 0 Å². The quantitative estimate of drug-likeness (QED) is 0.739. The number of amides is 2. The average Bonchev–Trinajstić information content (AvgIpc) is 2.44. The van der Waals surface area contributed by atoms with Crippen molar-refractivity contribution in [1.82, 2.24) is 4.90 Å². The summed E-state index contributed by atoms with van der Waals surface area (Å²) in [7, 11) is 0. The maximum absolute atomic E-state index is 11.8. The molecule has 0 radical (unpaired) electrons. The first kappa shape index (κ1) is 12.6. The second-order valence-electron chi connectivity index (χ2n) is 5.85. The van der Waals surface area contributed by atoms with E-state index in [1.54, 1.807) is 6.92 Å². The number of likely N-dealkylation sites (tertiary alicyclic amines) is 1. The molecule has 3 atom stereocenters. The van der Waals surface area contributed by atoms with Gasteiger partial charge in [-0.05, 0) is 18.8 Å². The Balaban J connectivity index is 2.05. The zero-order valence-electron chi connectivity index (χ0n) is 10.6. The van der Waals surface area contributed by atoms with Gasteiger partial charge in [-0.1, -0.05) is 26.7 Å². The Morgan fingerprint density at radius 3 is 2.65 bits per heavy atom. The molecule has 2 fully saturated rings. The lowest BCUT2D eigenvalue weighted by Crippen LogP contribution is -2.48. The van der Waals surface area contributed by atoms with Gasteiger partial charge in [0.25, 0.3) is 0 Å². The van der Waals surface area contributed by atoms with Crippen molar-refractivity contribution in [2.24, 2.45) is 11.8 Å². The molecule has 2 aliphatic rings. The molecule has 0 aromatic heterocycles. The van der Waals surface area contributed by atoms with Crippen molar-refractivity contribution >= 4 is 11.8 Å². The van der Waals surface area contributed by atoms with Crippen LogP contribution in [0, 0.1) is 11.8 Å². The van der Waals surface area contributed by atoms with Crippen LogP contribution in [0.3, 0.4) is 0 Å². The van der Waals surface area contributed by atoms with E-state index in [4.69, 9.17) is 0 Å². The van der Waals surface area contributed by atoms with Crippen molar-refractivity contribution in [2.45, 2.75) is 51.6 Å². The van der Waals surface area contributed by atoms with Gasteiger partial charge in [0, 0.05) is 12.3 Å². The molecule has 1 aliphatic carbocycles. The predicted molar refractivity (Wildman–Crippen MR) is 63.1 cm³/mol. The largest absolute Gasteiger partial charge is 0.388 e. The summed E-state index contributed by atoms with van der Waals surface area (Å²) in [5.74, 6) is 0.00176. The summed E-state index contributed by atoms with van der Waals surface area (Å²) in [5.41, 5.74) is -0.854. The number of nitrogens with zero attached hydrogens (tertiary/aromatic N) is 1. The number of rotatable bonds is 2. The summed E-state index contributed by atoms with van der Waals surface area (Å²) in [4.78, 5) is 24.8. The van der Waals surface area contributed by atoms with Gasteiger partial charge in [0.05, 0.1) is 12.1 Å². The first-order valence-corrected chi connectivity index (χ1v) is 6.48. The van der Waals surface area contributed by atoms with E-state index in [9.17, 15) is 14.7 Å². The summed E-state index contributed by atoms with van der Waals surface area (Å²) in [6, 6.07) is 0. The first-order valence-electron chi connectivity index (χ1n) is 6.48. The minimum Gasteiger partial charge on any atom is -0.388 e. The van der Waals surface area contributed by atoms with Crippen LogP contribution >= 0.6 is 0 Å². The van der Waals surface area contributed by atoms with Gasteiger partial charge in [-0.25, -0.2) is 0 Å². The van der Waals surface area contributed by atoms with Crippen LogP contribution in [0.25, 0.3) is 0 Å². The molecule has 0 aromatic rings. The Morgan fingerprint density at radius 1 is 1.41 bits per heavy atom. The van der Waals surface area contributed by atoms with E-state index in [1.807, 2.05) is 0 Å². The highest BCUT2D eigenvalue weighted by Gasteiger charge is 2.42. The van der Waals surface area contributed by atoms with Crippen LogP contribution in [-0.2, 0) is 9.59 Å². The van der Waals surface area contributed by atoms with Crippen molar-refractivity contribution in [3.05, 3.63) is 0 Å². The SMILES string of the molecule is CC1CCCC(O)(CN2C(=O)CC(C)C2=O)C1. The predicted octanol–water partition coefficient (Wildman–Crippen LogP) is 1.32. The molecular weight excluding hydrogens is 218 g/mol. The number of hydrogen-bond donors (Lipinski definition) is 1. The minimum atomic E-state index is -0.854. The third-order valence-electron chi connectivity index (χ3n) is 3.99. The van der Waals surface area contributed by atoms with Gasteiger partial charge in [-0.2, -0.15) is 0 Å². The fourth-order valence-corrected chi connectivity index (χ4v) is 3.08. The molecule has 3 unspecified atom stereocenters. The molecule has 1 heterocycles. The third kappa shape index (κ3) is 2.51. The van der Waals surface area contributed by atoms with E-state index in [1.165, 1.54) is 4.90 Å². The van der Waals surface area contributed by atoms with Crippen LogP contribution in [0.4, 0.5) is 0 Å². The Hall–Kier alpha value is -0.900. The lowest BCUT2D eigenvalue weighted by molar-refractivity contribution is -0.145. The van der Waals surface area contributed by atoms with E-state index in [0.29, 0.717) is 25.2 Å². The monoisotopic (exact) mass is 239 g/mol. The lowest BCUT2D eigenvalue weighted by Gasteiger charge is -2.37. The molecule has 1 saturated heterocycles. The second kappa shape index (κ2) is 4.41. The maximum Gasteiger partial charge on any atom is 0.232 e. The van der Waals surface area contributed by atoms with Gasteiger partial charge in [0.15, 0.2) is 0 Å². The van der Waals surface area contributed by atoms with Gasteiger partial charge in [0.2, 0.25) is 11.8 Å². The lowest BCUT2D eigenvalue weighted by atomic mass is 9.78. The number of carbonyl (C=O) groups excluding carboxylic acids is 2. The van der Waals surface area contributed by atoms with Crippen LogP contribution in [-0.4, -0.2) is 34.0 Å². The molecule has 1 saturated carbocycles. The molecular formula is C13H21NO3. The van der Waals surface area contributed by atoms with Crippen molar-refractivity contribution < 1.29 is 14.7 Å². The van der Waals surface area contributed by atoms with E-state index in [2.05, 4.69) is 6.92 Å². The second-order valence-corrected chi connectivity index (χ2v) is 5.85. The fourth-order valence-electron chi connectivity index (χ4n) is 3.08. The van der Waals surface area contributed by atoms with Crippen LogP contribution in [0.5, 0.6) is 0 Å². The highest BCUT2D eigenvalue weighted by Crippen LogP contribution is 2.34. The molecule has 4 nitrogen and oxygen atoms in total. The zero-order chi connectivity index (χ0) is 12.6. The first-order chi connectivity index (χ1) is 7.91. The van der Waals surface area contributed by atoms with Crippen LogP contribution in [0.2, 0.25) is 0 Å². The van der Waals surface area contributed by atoms with Crippen LogP contribution in [0.1, 0.15) is 46.0 Å². The molecule has 0 aromatic carbocycles. The number of carbonyl (C=O) groups is 2. The van der Waals surface area contributed by atoms with Crippen molar-refractivity contribution in [3.63, 3.8) is 0 Å². The third-order valence-corrected chi connectivity index (χ3v) is 3.99. The summed E-state index contributed by atoms with van der Waals surface area (Å²) < 4.78 is 0. The van der Waals surface area contributed by atoms with Crippen molar-refractivity contribution in [3.8, 4) is 0 Å². The number of aliphatic hydroxyl groups is 1. The molecule has 17 heavy (non-hydrogen) atoms. The Morgan fingerprint density at radius 2 is 2.12 bits per heavy atom. The van der Waals surface area contributed by atoms with E-state index in [-0.39, 0.29) is 24.3 Å². The van der Waals surface area contributed by atoms with Gasteiger partial charge in [0.1, 0.15) is 0 Å². The van der Waals surface area contributed by atoms with Gasteiger partial charge < -0.3 is 5.11 Å². The van der Waals surface area contributed by atoms with E-state index < -0.39 is 5.60 Å².